The summed E-state index contributed by atoms with van der Waals surface area (Å²) in [4.78, 5) is 0. The molecule has 13 heavy (non-hydrogen) atoms. The highest BCUT2D eigenvalue weighted by Crippen LogP contribution is 2.19. The van der Waals surface area contributed by atoms with Crippen molar-refractivity contribution in [3.05, 3.63) is 35.4 Å². The standard InChI is InChI=1S/C11H15N.ClH/c12-11-7-3-6-9-4-1-2-5-10(9)8-11;/h1-2,4-5,11H,3,6-8,12H2;1H. The van der Waals surface area contributed by atoms with E-state index in [1.807, 2.05) is 0 Å². The molecule has 0 radical (unpaired) electrons. The SMILES string of the molecule is Cl.NC1CCCc2ccccc2C1. The quantitative estimate of drug-likeness (QED) is 0.635. The van der Waals surface area contributed by atoms with Gasteiger partial charge in [-0.15, -0.1) is 12.4 Å². The fourth-order valence-electron chi connectivity index (χ4n) is 1.94. The Balaban J connectivity index is 0.000000845. The predicted molar refractivity (Wildman–Crippen MR) is 58.3 cm³/mol. The molecule has 0 heterocycles. The third kappa shape index (κ3) is 2.45. The zero-order chi connectivity index (χ0) is 8.39. The summed E-state index contributed by atoms with van der Waals surface area (Å²) in [6.45, 7) is 0. The van der Waals surface area contributed by atoms with E-state index >= 15 is 0 Å². The molecule has 0 amide bonds. The molecule has 0 saturated heterocycles. The van der Waals surface area contributed by atoms with Crippen LogP contribution in [0.2, 0.25) is 0 Å². The van der Waals surface area contributed by atoms with Gasteiger partial charge in [0.05, 0.1) is 0 Å². The Labute approximate surface area is 85.7 Å². The lowest BCUT2D eigenvalue weighted by Crippen LogP contribution is -2.21. The maximum absolute atomic E-state index is 5.95. The minimum Gasteiger partial charge on any atom is -0.327 e. The average Bonchev–Trinajstić information content (AvgIpc) is 2.25. The van der Waals surface area contributed by atoms with Gasteiger partial charge in [-0.1, -0.05) is 24.3 Å². The first-order valence-electron chi connectivity index (χ1n) is 4.68. The summed E-state index contributed by atoms with van der Waals surface area (Å²) < 4.78 is 0. The lowest BCUT2D eigenvalue weighted by atomic mass is 10.0. The molecule has 2 heteroatoms. The van der Waals surface area contributed by atoms with Crippen LogP contribution in [-0.2, 0) is 12.8 Å². The summed E-state index contributed by atoms with van der Waals surface area (Å²) in [6.07, 6.45) is 4.70. The van der Waals surface area contributed by atoms with Gasteiger partial charge in [0, 0.05) is 6.04 Å². The Morgan fingerprint density at radius 2 is 1.85 bits per heavy atom. The minimum atomic E-state index is 0. The molecule has 0 spiro atoms. The molecule has 1 aromatic carbocycles. The van der Waals surface area contributed by atoms with Crippen molar-refractivity contribution in [3.63, 3.8) is 0 Å². The summed E-state index contributed by atoms with van der Waals surface area (Å²) >= 11 is 0. The number of nitrogens with two attached hydrogens (primary N) is 1. The van der Waals surface area contributed by atoms with Crippen molar-refractivity contribution >= 4 is 12.4 Å². The maximum atomic E-state index is 5.95. The van der Waals surface area contributed by atoms with Gasteiger partial charge in [0.15, 0.2) is 0 Å². The lowest BCUT2D eigenvalue weighted by molar-refractivity contribution is 0.603. The number of hydrogen-bond donors (Lipinski definition) is 1. The molecule has 0 saturated carbocycles. The molecule has 1 aromatic rings. The van der Waals surface area contributed by atoms with E-state index in [1.165, 1.54) is 30.4 Å². The van der Waals surface area contributed by atoms with Gasteiger partial charge in [0.2, 0.25) is 0 Å². The number of hydrogen-bond acceptors (Lipinski definition) is 1. The van der Waals surface area contributed by atoms with Gasteiger partial charge in [-0.2, -0.15) is 0 Å². The highest BCUT2D eigenvalue weighted by molar-refractivity contribution is 5.85. The number of rotatable bonds is 0. The van der Waals surface area contributed by atoms with Crippen LogP contribution in [0.25, 0.3) is 0 Å². The van der Waals surface area contributed by atoms with Crippen LogP contribution in [0, 0.1) is 0 Å². The highest BCUT2D eigenvalue weighted by Gasteiger charge is 2.11. The van der Waals surface area contributed by atoms with Crippen LogP contribution in [0.5, 0.6) is 0 Å². The van der Waals surface area contributed by atoms with Crippen LogP contribution in [0.3, 0.4) is 0 Å². The molecule has 2 rings (SSSR count). The number of fused-ring (bicyclic) bond motifs is 1. The largest absolute Gasteiger partial charge is 0.327 e. The van der Waals surface area contributed by atoms with E-state index in [4.69, 9.17) is 5.73 Å². The third-order valence-electron chi connectivity index (χ3n) is 2.62. The number of benzene rings is 1. The fraction of sp³-hybridized carbons (Fsp3) is 0.455. The molecule has 1 aliphatic carbocycles. The van der Waals surface area contributed by atoms with Crippen molar-refractivity contribution in [2.45, 2.75) is 31.7 Å². The van der Waals surface area contributed by atoms with Crippen molar-refractivity contribution < 1.29 is 0 Å². The summed E-state index contributed by atoms with van der Waals surface area (Å²) in [7, 11) is 0. The molecule has 0 fully saturated rings. The van der Waals surface area contributed by atoms with Gasteiger partial charge in [-0.3, -0.25) is 0 Å². The molecule has 1 unspecified atom stereocenters. The van der Waals surface area contributed by atoms with Crippen molar-refractivity contribution in [1.82, 2.24) is 0 Å². The monoisotopic (exact) mass is 197 g/mol. The topological polar surface area (TPSA) is 26.0 Å². The molecule has 1 atom stereocenters. The fourth-order valence-corrected chi connectivity index (χ4v) is 1.94. The van der Waals surface area contributed by atoms with Crippen LogP contribution in [-0.4, -0.2) is 6.04 Å². The molecule has 2 N–H and O–H groups in total. The van der Waals surface area contributed by atoms with Gasteiger partial charge in [0.25, 0.3) is 0 Å². The van der Waals surface area contributed by atoms with Crippen LogP contribution in [0.1, 0.15) is 24.0 Å². The second-order valence-electron chi connectivity index (χ2n) is 3.63. The Morgan fingerprint density at radius 1 is 1.15 bits per heavy atom. The molecular weight excluding hydrogens is 182 g/mol. The first kappa shape index (κ1) is 10.6. The lowest BCUT2D eigenvalue weighted by Gasteiger charge is -2.07. The number of halogens is 1. The molecule has 1 nitrogen and oxygen atoms in total. The normalized spacial score (nSPS) is 21.2. The minimum absolute atomic E-state index is 0. The van der Waals surface area contributed by atoms with Gasteiger partial charge < -0.3 is 5.73 Å². The second-order valence-corrected chi connectivity index (χ2v) is 3.63. The van der Waals surface area contributed by atoms with Crippen LogP contribution < -0.4 is 5.73 Å². The number of aryl methyl sites for hydroxylation is 1. The Kier molecular flexibility index (Phi) is 3.76. The van der Waals surface area contributed by atoms with Crippen molar-refractivity contribution in [3.8, 4) is 0 Å². The Hall–Kier alpha value is -0.530. The van der Waals surface area contributed by atoms with Crippen LogP contribution in [0.15, 0.2) is 24.3 Å². The van der Waals surface area contributed by atoms with E-state index in [1.54, 1.807) is 0 Å². The second kappa shape index (κ2) is 4.64. The summed E-state index contributed by atoms with van der Waals surface area (Å²) in [6, 6.07) is 9.05. The van der Waals surface area contributed by atoms with Crippen molar-refractivity contribution in [2.24, 2.45) is 5.73 Å². The summed E-state index contributed by atoms with van der Waals surface area (Å²) in [5.74, 6) is 0. The molecule has 72 valence electrons. The highest BCUT2D eigenvalue weighted by atomic mass is 35.5. The Bertz CT molecular complexity index is 273. The first-order valence-corrected chi connectivity index (χ1v) is 4.68. The zero-order valence-corrected chi connectivity index (χ0v) is 8.52. The van der Waals surface area contributed by atoms with E-state index in [2.05, 4.69) is 24.3 Å². The first-order chi connectivity index (χ1) is 5.86. The maximum Gasteiger partial charge on any atom is 0.00795 e. The summed E-state index contributed by atoms with van der Waals surface area (Å²) in [5, 5.41) is 0. The third-order valence-corrected chi connectivity index (χ3v) is 2.62. The average molecular weight is 198 g/mol. The molecule has 1 aliphatic rings. The Morgan fingerprint density at radius 3 is 2.62 bits per heavy atom. The molecule has 0 bridgehead atoms. The van der Waals surface area contributed by atoms with E-state index in [9.17, 15) is 0 Å². The van der Waals surface area contributed by atoms with E-state index < -0.39 is 0 Å². The van der Waals surface area contributed by atoms with E-state index in [-0.39, 0.29) is 12.4 Å². The van der Waals surface area contributed by atoms with Crippen molar-refractivity contribution in [2.75, 3.05) is 0 Å². The predicted octanol–water partition coefficient (Wildman–Crippen LogP) is 2.31. The van der Waals surface area contributed by atoms with Gasteiger partial charge in [-0.05, 0) is 36.8 Å². The van der Waals surface area contributed by atoms with Gasteiger partial charge >= 0.3 is 0 Å². The summed E-state index contributed by atoms with van der Waals surface area (Å²) in [5.41, 5.74) is 8.92. The molecule has 0 aromatic heterocycles. The molecular formula is C11H16ClN. The van der Waals surface area contributed by atoms with E-state index in [0.717, 1.165) is 6.42 Å². The zero-order valence-electron chi connectivity index (χ0n) is 7.70. The van der Waals surface area contributed by atoms with Crippen LogP contribution >= 0.6 is 12.4 Å². The van der Waals surface area contributed by atoms with E-state index in [0.29, 0.717) is 6.04 Å². The van der Waals surface area contributed by atoms with Crippen molar-refractivity contribution in [1.29, 1.82) is 0 Å². The van der Waals surface area contributed by atoms with Gasteiger partial charge in [0.1, 0.15) is 0 Å². The van der Waals surface area contributed by atoms with Gasteiger partial charge in [-0.25, -0.2) is 0 Å². The molecule has 0 aliphatic heterocycles. The smallest absolute Gasteiger partial charge is 0.00795 e. The van der Waals surface area contributed by atoms with Crippen LogP contribution in [0.4, 0.5) is 0 Å².